The second kappa shape index (κ2) is 21.6. The van der Waals surface area contributed by atoms with Crippen molar-refractivity contribution in [2.45, 2.75) is 140 Å². The Morgan fingerprint density at radius 1 is 0.613 bits per heavy atom. The van der Waals surface area contributed by atoms with E-state index >= 15 is 0 Å². The molecule has 0 saturated heterocycles. The molecule has 0 rings (SSSR count). The average Bonchev–Trinajstić information content (AvgIpc) is 2.67. The van der Waals surface area contributed by atoms with Gasteiger partial charge in [0, 0.05) is 0 Å². The van der Waals surface area contributed by atoms with E-state index < -0.39 is 11.2 Å². The van der Waals surface area contributed by atoms with Crippen molar-refractivity contribution in [2.75, 3.05) is 6.61 Å². The highest BCUT2D eigenvalue weighted by Gasteiger charge is 2.22. The van der Waals surface area contributed by atoms with Crippen molar-refractivity contribution in [3.05, 3.63) is 0 Å². The second-order valence-corrected chi connectivity index (χ2v) is 9.97. The van der Waals surface area contributed by atoms with Crippen molar-refractivity contribution in [3.63, 3.8) is 0 Å². The first-order valence-electron chi connectivity index (χ1n) is 11.8. The van der Waals surface area contributed by atoms with Gasteiger partial charge >= 0.3 is 0 Å². The fourth-order valence-electron chi connectivity index (χ4n) is 1.53. The van der Waals surface area contributed by atoms with E-state index in [2.05, 4.69) is 0 Å². The third-order valence-corrected chi connectivity index (χ3v) is 5.90. The Morgan fingerprint density at radius 3 is 0.871 bits per heavy atom. The van der Waals surface area contributed by atoms with Crippen LogP contribution in [0.2, 0.25) is 0 Å². The van der Waals surface area contributed by atoms with Gasteiger partial charge in [-0.05, 0) is 56.8 Å². The molecule has 5 nitrogen and oxygen atoms in total. The zero-order valence-corrected chi connectivity index (χ0v) is 22.5. The van der Waals surface area contributed by atoms with E-state index in [1.807, 2.05) is 83.1 Å². The van der Waals surface area contributed by atoms with Crippen LogP contribution < -0.4 is 0 Å². The summed E-state index contributed by atoms with van der Waals surface area (Å²) in [6.45, 7) is 25.2. The molecule has 0 aromatic carbocycles. The molecular formula is C26H62O5. The summed E-state index contributed by atoms with van der Waals surface area (Å²) in [6.07, 6.45) is 2.39. The molecule has 0 unspecified atom stereocenters. The third-order valence-electron chi connectivity index (χ3n) is 5.90. The van der Waals surface area contributed by atoms with Crippen LogP contribution in [0.4, 0.5) is 0 Å². The number of aliphatic hydroxyl groups is 5. The molecule has 0 heterocycles. The number of rotatable bonds is 8. The summed E-state index contributed by atoms with van der Waals surface area (Å²) in [4.78, 5) is 0. The van der Waals surface area contributed by atoms with Gasteiger partial charge in [0.25, 0.3) is 0 Å². The summed E-state index contributed by atoms with van der Waals surface area (Å²) >= 11 is 0. The van der Waals surface area contributed by atoms with Crippen LogP contribution in [0, 0.1) is 23.7 Å². The molecular weight excluding hydrogens is 392 g/mol. The topological polar surface area (TPSA) is 101 Å². The van der Waals surface area contributed by atoms with Gasteiger partial charge in [-0.15, -0.1) is 0 Å². The minimum Gasteiger partial charge on any atom is -0.393 e. The van der Waals surface area contributed by atoms with Crippen molar-refractivity contribution in [1.29, 1.82) is 0 Å². The minimum absolute atomic E-state index is 0. The van der Waals surface area contributed by atoms with Crippen molar-refractivity contribution in [1.82, 2.24) is 0 Å². The SMILES string of the molecule is C.CC(C)[C@@](C)(O)CO.CC[C@@H](O)C(C)C.CC[C@@](C)(O)C(C)C.CC[C@H](O)C(C)C. The van der Waals surface area contributed by atoms with Gasteiger partial charge in [-0.25, -0.2) is 0 Å². The molecule has 0 fully saturated rings. The van der Waals surface area contributed by atoms with Crippen molar-refractivity contribution < 1.29 is 25.5 Å². The van der Waals surface area contributed by atoms with E-state index in [4.69, 9.17) is 20.4 Å². The normalized spacial score (nSPS) is 16.5. The molecule has 0 bridgehead atoms. The Kier molecular flexibility index (Phi) is 28.7. The van der Waals surface area contributed by atoms with Gasteiger partial charge < -0.3 is 25.5 Å². The Balaban J connectivity index is -0.0000000961. The van der Waals surface area contributed by atoms with Crippen LogP contribution in [0.15, 0.2) is 0 Å². The Labute approximate surface area is 196 Å². The lowest BCUT2D eigenvalue weighted by molar-refractivity contribution is -0.0350. The summed E-state index contributed by atoms with van der Waals surface area (Å²) in [5.74, 6) is 1.33. The predicted molar refractivity (Wildman–Crippen MR) is 137 cm³/mol. The standard InChI is InChI=1S/C7H16O.C6H14O2.2C6H14O.CH4/c1-5-7(4,8)6(2)3;1-5(2)6(3,8)4-7;2*1-4-6(7)5(2)3;/h6,8H,5H2,1-4H3;5,7-8H,4H2,1-3H3;2*5-7H,4H2,1-3H3;1H4/t7-;3*6-;/m1010./s1. The summed E-state index contributed by atoms with van der Waals surface area (Å²) in [5, 5.41) is 44.9. The Bertz CT molecular complexity index is 316. The lowest BCUT2D eigenvalue weighted by Gasteiger charge is -2.25. The van der Waals surface area contributed by atoms with Crippen LogP contribution in [-0.4, -0.2) is 55.5 Å². The molecule has 4 atom stereocenters. The highest BCUT2D eigenvalue weighted by atomic mass is 16.3. The fourth-order valence-corrected chi connectivity index (χ4v) is 1.53. The van der Waals surface area contributed by atoms with Crippen LogP contribution >= 0.6 is 0 Å². The molecule has 0 spiro atoms. The lowest BCUT2D eigenvalue weighted by atomic mass is 9.90. The van der Waals surface area contributed by atoms with Crippen molar-refractivity contribution in [2.24, 2.45) is 23.7 Å². The van der Waals surface area contributed by atoms with E-state index in [-0.39, 0.29) is 32.2 Å². The lowest BCUT2D eigenvalue weighted by Crippen LogP contribution is -2.34. The molecule has 31 heavy (non-hydrogen) atoms. The number of hydrogen-bond acceptors (Lipinski definition) is 5. The van der Waals surface area contributed by atoms with Crippen LogP contribution in [-0.2, 0) is 0 Å². The zero-order chi connectivity index (χ0) is 25.3. The molecule has 5 heteroatoms. The quantitative estimate of drug-likeness (QED) is 0.326. The third kappa shape index (κ3) is 25.9. The van der Waals surface area contributed by atoms with E-state index in [1.165, 1.54) is 0 Å². The summed E-state index contributed by atoms with van der Waals surface area (Å²) in [6, 6.07) is 0. The van der Waals surface area contributed by atoms with Crippen LogP contribution in [0.25, 0.3) is 0 Å². The monoisotopic (exact) mass is 454 g/mol. The largest absolute Gasteiger partial charge is 0.393 e. The summed E-state index contributed by atoms with van der Waals surface area (Å²) < 4.78 is 0. The number of hydrogen-bond donors (Lipinski definition) is 5. The molecule has 0 aliphatic carbocycles. The number of aliphatic hydroxyl groups excluding tert-OH is 3. The maximum Gasteiger partial charge on any atom is 0.0872 e. The Hall–Kier alpha value is -0.200. The molecule has 0 aromatic rings. The molecule has 5 N–H and O–H groups in total. The van der Waals surface area contributed by atoms with E-state index in [0.717, 1.165) is 19.3 Å². The maximum absolute atomic E-state index is 9.40. The van der Waals surface area contributed by atoms with Crippen LogP contribution in [0.3, 0.4) is 0 Å². The predicted octanol–water partition coefficient (Wildman–Crippen LogP) is 5.65. The molecule has 0 aromatic heterocycles. The fraction of sp³-hybridized carbons (Fsp3) is 1.00. The first-order chi connectivity index (χ1) is 13.4. The van der Waals surface area contributed by atoms with E-state index in [0.29, 0.717) is 17.8 Å². The van der Waals surface area contributed by atoms with Gasteiger partial charge in [0.2, 0.25) is 0 Å². The Morgan fingerprint density at radius 2 is 0.871 bits per heavy atom. The highest BCUT2D eigenvalue weighted by molar-refractivity contribution is 4.74. The van der Waals surface area contributed by atoms with Gasteiger partial charge in [-0.3, -0.25) is 0 Å². The molecule has 196 valence electrons. The maximum atomic E-state index is 9.40. The molecule has 0 saturated carbocycles. The summed E-state index contributed by atoms with van der Waals surface area (Å²) in [7, 11) is 0. The van der Waals surface area contributed by atoms with Gasteiger partial charge in [0.05, 0.1) is 30.0 Å². The van der Waals surface area contributed by atoms with Crippen LogP contribution in [0.1, 0.15) is 117 Å². The van der Waals surface area contributed by atoms with Gasteiger partial charge in [0.1, 0.15) is 0 Å². The van der Waals surface area contributed by atoms with Gasteiger partial charge in [0.15, 0.2) is 0 Å². The van der Waals surface area contributed by atoms with Crippen LogP contribution in [0.5, 0.6) is 0 Å². The zero-order valence-electron chi connectivity index (χ0n) is 22.5. The molecule has 0 aliphatic rings. The van der Waals surface area contributed by atoms with Crippen molar-refractivity contribution >= 4 is 0 Å². The molecule has 0 radical (unpaired) electrons. The average molecular weight is 455 g/mol. The second-order valence-electron chi connectivity index (χ2n) is 9.97. The van der Waals surface area contributed by atoms with E-state index in [9.17, 15) is 5.11 Å². The molecule has 0 amide bonds. The van der Waals surface area contributed by atoms with Gasteiger partial charge in [-0.1, -0.05) is 83.6 Å². The highest BCUT2D eigenvalue weighted by Crippen LogP contribution is 2.18. The smallest absolute Gasteiger partial charge is 0.0872 e. The minimum atomic E-state index is -0.903. The first kappa shape index (κ1) is 41.1. The molecule has 0 aliphatic heterocycles. The van der Waals surface area contributed by atoms with Crippen molar-refractivity contribution in [3.8, 4) is 0 Å². The van der Waals surface area contributed by atoms with Gasteiger partial charge in [-0.2, -0.15) is 0 Å². The first-order valence-corrected chi connectivity index (χ1v) is 11.8. The summed E-state index contributed by atoms with van der Waals surface area (Å²) in [5.41, 5.74) is -1.36. The van der Waals surface area contributed by atoms with E-state index in [1.54, 1.807) is 6.92 Å².